The number of aliphatic hydroxyl groups is 1. The van der Waals surface area contributed by atoms with Gasteiger partial charge in [-0.3, -0.25) is 9.59 Å². The first-order valence-corrected chi connectivity index (χ1v) is 9.24. The van der Waals surface area contributed by atoms with Crippen LogP contribution in [0.3, 0.4) is 0 Å². The molecular weight excluding hydrogens is 378 g/mol. The lowest BCUT2D eigenvalue weighted by Gasteiger charge is -2.22. The highest BCUT2D eigenvalue weighted by Crippen LogP contribution is 2.43. The number of hydrogen-bond donors (Lipinski definition) is 1. The summed E-state index contributed by atoms with van der Waals surface area (Å²) in [6, 6.07) is 17.4. The number of nitrogens with zero attached hydrogens (tertiary/aromatic N) is 1. The number of aryl methyl sites for hydroxylation is 1. The summed E-state index contributed by atoms with van der Waals surface area (Å²) in [6.45, 7) is 1.97. The van der Waals surface area contributed by atoms with Gasteiger partial charge in [0.15, 0.2) is 11.4 Å². The Bertz CT molecular complexity index is 1070. The molecule has 1 aromatic heterocycles. The van der Waals surface area contributed by atoms with Crippen LogP contribution >= 0.6 is 11.6 Å². The van der Waals surface area contributed by atoms with Gasteiger partial charge in [-0.25, -0.2) is 0 Å². The second-order valence-electron chi connectivity index (χ2n) is 6.91. The van der Waals surface area contributed by atoms with Gasteiger partial charge in [0.25, 0.3) is 5.91 Å². The Hall–Kier alpha value is -2.89. The van der Waals surface area contributed by atoms with Crippen LogP contribution in [0.1, 0.15) is 33.9 Å². The van der Waals surface area contributed by atoms with Gasteiger partial charge in [0.05, 0.1) is 18.7 Å². The van der Waals surface area contributed by atoms with E-state index >= 15 is 0 Å². The Morgan fingerprint density at radius 3 is 2.64 bits per heavy atom. The third-order valence-electron chi connectivity index (χ3n) is 4.90. The monoisotopic (exact) mass is 395 g/mol. The molecule has 0 fully saturated rings. The number of hydrogen-bond acceptors (Lipinski definition) is 4. The molecule has 5 nitrogen and oxygen atoms in total. The Morgan fingerprint density at radius 2 is 1.93 bits per heavy atom. The van der Waals surface area contributed by atoms with Crippen LogP contribution in [0, 0.1) is 6.92 Å². The summed E-state index contributed by atoms with van der Waals surface area (Å²) < 4.78 is 5.36. The number of carbonyl (C=O) groups is 2. The first-order chi connectivity index (χ1) is 13.4. The number of halogens is 1. The second-order valence-corrected chi connectivity index (χ2v) is 7.35. The molecule has 0 saturated carbocycles. The minimum atomic E-state index is -1.94. The Kier molecular flexibility index (Phi) is 4.57. The molecule has 28 heavy (non-hydrogen) atoms. The number of Topliss-reactive ketones (excluding diaryl/α,β-unsaturated/α-hetero) is 1. The molecule has 0 spiro atoms. The maximum absolute atomic E-state index is 13.2. The van der Waals surface area contributed by atoms with Gasteiger partial charge in [-0.1, -0.05) is 41.9 Å². The van der Waals surface area contributed by atoms with Gasteiger partial charge in [0.2, 0.25) is 5.78 Å². The summed E-state index contributed by atoms with van der Waals surface area (Å²) >= 11 is 6.05. The van der Waals surface area contributed by atoms with Crippen molar-refractivity contribution >= 4 is 29.0 Å². The van der Waals surface area contributed by atoms with E-state index in [2.05, 4.69) is 0 Å². The molecule has 1 N–H and O–H groups in total. The molecule has 142 valence electrons. The van der Waals surface area contributed by atoms with E-state index in [-0.39, 0.29) is 18.7 Å². The number of ketones is 1. The molecule has 0 bridgehead atoms. The molecule has 0 aliphatic carbocycles. The maximum Gasteiger partial charge on any atom is 0.264 e. The van der Waals surface area contributed by atoms with Gasteiger partial charge in [-0.2, -0.15) is 0 Å². The number of para-hydroxylation sites is 1. The molecule has 3 aromatic rings. The minimum Gasteiger partial charge on any atom is -0.458 e. The Balaban J connectivity index is 1.68. The summed E-state index contributed by atoms with van der Waals surface area (Å²) in [7, 11) is 0. The molecule has 0 radical (unpaired) electrons. The number of benzene rings is 2. The van der Waals surface area contributed by atoms with E-state index in [1.54, 1.807) is 61.5 Å². The van der Waals surface area contributed by atoms with Crippen molar-refractivity contribution in [2.75, 3.05) is 4.90 Å². The van der Waals surface area contributed by atoms with E-state index in [0.29, 0.717) is 22.0 Å². The van der Waals surface area contributed by atoms with Crippen LogP contribution in [0.25, 0.3) is 0 Å². The number of fused-ring (bicyclic) bond motifs is 1. The predicted octanol–water partition coefficient (Wildman–Crippen LogP) is 4.25. The standard InChI is InChI=1S/C22H18ClNO4/c1-14-9-10-20(28-14)19(25)12-22(27)17-7-2-3-8-18(17)24(21(22)26)13-15-5-4-6-16(23)11-15/h2-11,27H,12-13H2,1H3. The van der Waals surface area contributed by atoms with Crippen molar-refractivity contribution in [2.45, 2.75) is 25.5 Å². The van der Waals surface area contributed by atoms with Gasteiger partial charge in [-0.15, -0.1) is 0 Å². The molecule has 4 rings (SSSR count). The van der Waals surface area contributed by atoms with Crippen LogP contribution in [0.4, 0.5) is 5.69 Å². The molecule has 1 amide bonds. The molecule has 1 unspecified atom stereocenters. The van der Waals surface area contributed by atoms with Gasteiger partial charge >= 0.3 is 0 Å². The molecule has 1 aliphatic heterocycles. The van der Waals surface area contributed by atoms with Gasteiger partial charge in [0.1, 0.15) is 5.76 Å². The summed E-state index contributed by atoms with van der Waals surface area (Å²) in [4.78, 5) is 27.3. The van der Waals surface area contributed by atoms with Crippen LogP contribution in [-0.4, -0.2) is 16.8 Å². The highest BCUT2D eigenvalue weighted by Gasteiger charge is 2.51. The molecule has 6 heteroatoms. The highest BCUT2D eigenvalue weighted by atomic mass is 35.5. The van der Waals surface area contributed by atoms with Crippen molar-refractivity contribution < 1.29 is 19.1 Å². The van der Waals surface area contributed by atoms with Gasteiger partial charge in [0, 0.05) is 10.6 Å². The maximum atomic E-state index is 13.2. The van der Waals surface area contributed by atoms with E-state index in [1.165, 1.54) is 4.90 Å². The van der Waals surface area contributed by atoms with E-state index < -0.39 is 17.3 Å². The minimum absolute atomic E-state index is 0.129. The van der Waals surface area contributed by atoms with E-state index in [4.69, 9.17) is 16.0 Å². The molecule has 1 atom stereocenters. The summed E-state index contributed by atoms with van der Waals surface area (Å²) in [5.74, 6) is -0.241. The summed E-state index contributed by atoms with van der Waals surface area (Å²) in [6.07, 6.45) is -0.387. The summed E-state index contributed by atoms with van der Waals surface area (Å²) in [5.41, 5.74) is -0.114. The zero-order valence-electron chi connectivity index (χ0n) is 15.2. The van der Waals surface area contributed by atoms with Crippen LogP contribution in [0.5, 0.6) is 0 Å². The third kappa shape index (κ3) is 3.13. The number of furan rings is 1. The van der Waals surface area contributed by atoms with Crippen LogP contribution < -0.4 is 4.90 Å². The first kappa shape index (κ1) is 18.5. The quantitative estimate of drug-likeness (QED) is 0.655. The highest BCUT2D eigenvalue weighted by molar-refractivity contribution is 6.30. The second kappa shape index (κ2) is 6.93. The first-order valence-electron chi connectivity index (χ1n) is 8.86. The molecule has 2 aromatic carbocycles. The Morgan fingerprint density at radius 1 is 1.14 bits per heavy atom. The lowest BCUT2D eigenvalue weighted by Crippen LogP contribution is -2.41. The lowest BCUT2D eigenvalue weighted by atomic mass is 9.89. The fourth-order valence-electron chi connectivity index (χ4n) is 3.56. The number of anilines is 1. The van der Waals surface area contributed by atoms with E-state index in [0.717, 1.165) is 5.56 Å². The summed E-state index contributed by atoms with van der Waals surface area (Å²) in [5, 5.41) is 11.8. The van der Waals surface area contributed by atoms with Crippen molar-refractivity contribution in [3.63, 3.8) is 0 Å². The number of rotatable bonds is 5. The smallest absolute Gasteiger partial charge is 0.264 e. The van der Waals surface area contributed by atoms with Crippen molar-refractivity contribution in [1.82, 2.24) is 0 Å². The third-order valence-corrected chi connectivity index (χ3v) is 5.14. The van der Waals surface area contributed by atoms with Crippen molar-refractivity contribution in [2.24, 2.45) is 0 Å². The average Bonchev–Trinajstić information content (AvgIpc) is 3.19. The largest absolute Gasteiger partial charge is 0.458 e. The van der Waals surface area contributed by atoms with Crippen molar-refractivity contribution in [3.8, 4) is 0 Å². The topological polar surface area (TPSA) is 70.8 Å². The number of carbonyl (C=O) groups excluding carboxylic acids is 2. The molecule has 1 aliphatic rings. The van der Waals surface area contributed by atoms with Gasteiger partial charge in [-0.05, 0) is 42.8 Å². The van der Waals surface area contributed by atoms with Crippen LogP contribution in [0.15, 0.2) is 65.1 Å². The molecule has 0 saturated heterocycles. The van der Waals surface area contributed by atoms with E-state index in [9.17, 15) is 14.7 Å². The predicted molar refractivity (Wildman–Crippen MR) is 105 cm³/mol. The fourth-order valence-corrected chi connectivity index (χ4v) is 3.77. The zero-order valence-corrected chi connectivity index (χ0v) is 15.9. The molecule has 2 heterocycles. The van der Waals surface area contributed by atoms with Crippen LogP contribution in [0.2, 0.25) is 5.02 Å². The number of amides is 1. The zero-order chi connectivity index (χ0) is 19.9. The fraction of sp³-hybridized carbons (Fsp3) is 0.182. The van der Waals surface area contributed by atoms with Gasteiger partial charge < -0.3 is 14.4 Å². The van der Waals surface area contributed by atoms with Crippen molar-refractivity contribution in [3.05, 3.63) is 88.3 Å². The average molecular weight is 396 g/mol. The Labute approximate surface area is 167 Å². The molecular formula is C22H18ClNO4. The van der Waals surface area contributed by atoms with Crippen molar-refractivity contribution in [1.29, 1.82) is 0 Å². The van der Waals surface area contributed by atoms with E-state index in [1.807, 2.05) is 6.07 Å². The lowest BCUT2D eigenvalue weighted by molar-refractivity contribution is -0.136. The van der Waals surface area contributed by atoms with Crippen LogP contribution in [-0.2, 0) is 16.9 Å². The normalized spacial score (nSPS) is 18.4. The SMILES string of the molecule is Cc1ccc(C(=O)CC2(O)C(=O)N(Cc3cccc(Cl)c3)c3ccccc32)o1.